The smallest absolute Gasteiger partial charge is 0.326 e. The molecule has 0 saturated heterocycles. The van der Waals surface area contributed by atoms with Crippen molar-refractivity contribution in [2.24, 2.45) is 0 Å². The molecule has 0 aliphatic rings. The van der Waals surface area contributed by atoms with E-state index in [-0.39, 0.29) is 24.5 Å². The van der Waals surface area contributed by atoms with E-state index in [4.69, 9.17) is 10.2 Å². The summed E-state index contributed by atoms with van der Waals surface area (Å²) < 4.78 is 0. The Morgan fingerprint density at radius 1 is 1.28 bits per heavy atom. The zero-order valence-electron chi connectivity index (χ0n) is 9.67. The van der Waals surface area contributed by atoms with Gasteiger partial charge in [0.15, 0.2) is 0 Å². The first-order valence-electron chi connectivity index (χ1n) is 5.44. The largest absolute Gasteiger partial charge is 0.508 e. The molecule has 1 aromatic carbocycles. The number of nitrogens with one attached hydrogen (secondary N) is 1. The second-order valence-electron chi connectivity index (χ2n) is 3.80. The molecule has 6 heteroatoms. The fourth-order valence-electron chi connectivity index (χ4n) is 1.44. The summed E-state index contributed by atoms with van der Waals surface area (Å²) in [5.41, 5.74) is 0.728. The van der Waals surface area contributed by atoms with Crippen LogP contribution in [-0.4, -0.2) is 33.9 Å². The number of carboxylic acids is 1. The SMILES string of the molecule is O=C(CCS)N[C@@H](Cc1ccc(O)cc1)C(=O)O. The van der Waals surface area contributed by atoms with Crippen molar-refractivity contribution >= 4 is 24.5 Å². The summed E-state index contributed by atoms with van der Waals surface area (Å²) in [4.78, 5) is 22.4. The number of carbonyl (C=O) groups is 2. The van der Waals surface area contributed by atoms with Gasteiger partial charge >= 0.3 is 5.97 Å². The Hall–Kier alpha value is -1.69. The third-order valence-electron chi connectivity index (χ3n) is 2.35. The number of hydrogen-bond donors (Lipinski definition) is 4. The first-order valence-corrected chi connectivity index (χ1v) is 6.07. The van der Waals surface area contributed by atoms with Crippen LogP contribution in [0.3, 0.4) is 0 Å². The molecular formula is C12H15NO4S. The molecule has 0 heterocycles. The number of carbonyl (C=O) groups excluding carboxylic acids is 1. The molecule has 1 aromatic rings. The lowest BCUT2D eigenvalue weighted by molar-refractivity contribution is -0.141. The molecule has 0 bridgehead atoms. The van der Waals surface area contributed by atoms with E-state index in [2.05, 4.69) is 17.9 Å². The molecular weight excluding hydrogens is 254 g/mol. The Morgan fingerprint density at radius 3 is 2.39 bits per heavy atom. The van der Waals surface area contributed by atoms with E-state index in [1.165, 1.54) is 12.1 Å². The van der Waals surface area contributed by atoms with Gasteiger partial charge < -0.3 is 15.5 Å². The predicted molar refractivity (Wildman–Crippen MR) is 69.8 cm³/mol. The average Bonchev–Trinajstić information content (AvgIpc) is 2.31. The van der Waals surface area contributed by atoms with Gasteiger partial charge in [-0.15, -0.1) is 0 Å². The van der Waals surface area contributed by atoms with Gasteiger partial charge in [-0.25, -0.2) is 4.79 Å². The van der Waals surface area contributed by atoms with E-state index in [0.29, 0.717) is 5.75 Å². The molecule has 1 amide bonds. The molecule has 0 aliphatic heterocycles. The third kappa shape index (κ3) is 4.67. The van der Waals surface area contributed by atoms with Gasteiger partial charge in [0.05, 0.1) is 0 Å². The quantitative estimate of drug-likeness (QED) is 0.576. The van der Waals surface area contributed by atoms with Crippen molar-refractivity contribution in [2.45, 2.75) is 18.9 Å². The molecule has 0 saturated carbocycles. The van der Waals surface area contributed by atoms with Gasteiger partial charge in [0.1, 0.15) is 11.8 Å². The third-order valence-corrected chi connectivity index (χ3v) is 2.57. The van der Waals surface area contributed by atoms with Crippen molar-refractivity contribution in [1.29, 1.82) is 0 Å². The van der Waals surface area contributed by atoms with Crippen LogP contribution in [0, 0.1) is 0 Å². The molecule has 5 nitrogen and oxygen atoms in total. The van der Waals surface area contributed by atoms with Crippen LogP contribution >= 0.6 is 12.6 Å². The Kier molecular flexibility index (Phi) is 5.51. The predicted octanol–water partition coefficient (Wildman–Crippen LogP) is 0.824. The van der Waals surface area contributed by atoms with Crippen LogP contribution in [0.5, 0.6) is 5.75 Å². The van der Waals surface area contributed by atoms with Crippen molar-refractivity contribution in [3.05, 3.63) is 29.8 Å². The van der Waals surface area contributed by atoms with E-state index in [9.17, 15) is 9.59 Å². The van der Waals surface area contributed by atoms with Gasteiger partial charge in [0.25, 0.3) is 0 Å². The molecule has 0 aromatic heterocycles. The zero-order chi connectivity index (χ0) is 13.5. The second-order valence-corrected chi connectivity index (χ2v) is 4.25. The van der Waals surface area contributed by atoms with E-state index in [0.717, 1.165) is 5.56 Å². The van der Waals surface area contributed by atoms with Gasteiger partial charge in [-0.2, -0.15) is 12.6 Å². The van der Waals surface area contributed by atoms with Crippen LogP contribution in [0.25, 0.3) is 0 Å². The molecule has 0 fully saturated rings. The summed E-state index contributed by atoms with van der Waals surface area (Å²) >= 11 is 3.91. The Labute approximate surface area is 110 Å². The number of phenolic OH excluding ortho intramolecular Hbond substituents is 1. The molecule has 0 radical (unpaired) electrons. The highest BCUT2D eigenvalue weighted by Crippen LogP contribution is 2.11. The number of thiol groups is 1. The first kappa shape index (κ1) is 14.4. The zero-order valence-corrected chi connectivity index (χ0v) is 10.6. The van der Waals surface area contributed by atoms with Crippen LogP contribution in [0.1, 0.15) is 12.0 Å². The van der Waals surface area contributed by atoms with Crippen molar-refractivity contribution in [3.8, 4) is 5.75 Å². The maximum Gasteiger partial charge on any atom is 0.326 e. The Bertz CT molecular complexity index is 419. The van der Waals surface area contributed by atoms with Gasteiger partial charge in [-0.1, -0.05) is 12.1 Å². The highest BCUT2D eigenvalue weighted by Gasteiger charge is 2.19. The number of rotatable bonds is 6. The minimum absolute atomic E-state index is 0.115. The highest BCUT2D eigenvalue weighted by molar-refractivity contribution is 7.80. The first-order chi connectivity index (χ1) is 8.52. The standard InChI is InChI=1S/C12H15NO4S/c14-9-3-1-8(2-4-9)7-10(12(16)17)13-11(15)5-6-18/h1-4,10,14,18H,5-7H2,(H,13,15)(H,16,17)/t10-/m0/s1. The molecule has 0 spiro atoms. The highest BCUT2D eigenvalue weighted by atomic mass is 32.1. The van der Waals surface area contributed by atoms with Crippen molar-refractivity contribution < 1.29 is 19.8 Å². The second kappa shape index (κ2) is 6.90. The summed E-state index contributed by atoms with van der Waals surface area (Å²) in [6, 6.07) is 5.22. The minimum atomic E-state index is -1.09. The van der Waals surface area contributed by atoms with Crippen LogP contribution < -0.4 is 5.32 Å². The number of aliphatic carboxylic acids is 1. The molecule has 0 unspecified atom stereocenters. The number of phenols is 1. The molecule has 0 aliphatic carbocycles. The molecule has 1 rings (SSSR count). The van der Waals surface area contributed by atoms with Gasteiger partial charge in [-0.05, 0) is 23.4 Å². The lowest BCUT2D eigenvalue weighted by atomic mass is 10.1. The van der Waals surface area contributed by atoms with Crippen LogP contribution in [0.4, 0.5) is 0 Å². The number of hydrogen-bond acceptors (Lipinski definition) is 4. The lowest BCUT2D eigenvalue weighted by Gasteiger charge is -2.14. The molecule has 3 N–H and O–H groups in total. The topological polar surface area (TPSA) is 86.6 Å². The van der Waals surface area contributed by atoms with E-state index in [1.807, 2.05) is 0 Å². The summed E-state index contributed by atoms with van der Waals surface area (Å²) in [6.45, 7) is 0. The number of amides is 1. The maximum absolute atomic E-state index is 11.3. The van der Waals surface area contributed by atoms with Crippen LogP contribution in [-0.2, 0) is 16.0 Å². The lowest BCUT2D eigenvalue weighted by Crippen LogP contribution is -2.42. The van der Waals surface area contributed by atoms with E-state index < -0.39 is 12.0 Å². The molecule has 98 valence electrons. The van der Waals surface area contributed by atoms with Crippen molar-refractivity contribution in [2.75, 3.05) is 5.75 Å². The van der Waals surface area contributed by atoms with E-state index >= 15 is 0 Å². The number of aromatic hydroxyl groups is 1. The van der Waals surface area contributed by atoms with Gasteiger partial charge in [0.2, 0.25) is 5.91 Å². The Balaban J connectivity index is 2.65. The molecule has 1 atom stereocenters. The van der Waals surface area contributed by atoms with Gasteiger partial charge in [0, 0.05) is 12.8 Å². The van der Waals surface area contributed by atoms with Gasteiger partial charge in [-0.3, -0.25) is 4.79 Å². The fraction of sp³-hybridized carbons (Fsp3) is 0.333. The van der Waals surface area contributed by atoms with Crippen LogP contribution in [0.15, 0.2) is 24.3 Å². The fourth-order valence-corrected chi connectivity index (χ4v) is 1.64. The number of benzene rings is 1. The molecule has 18 heavy (non-hydrogen) atoms. The van der Waals surface area contributed by atoms with E-state index in [1.54, 1.807) is 12.1 Å². The average molecular weight is 269 g/mol. The minimum Gasteiger partial charge on any atom is -0.508 e. The summed E-state index contributed by atoms with van der Waals surface area (Å²) in [7, 11) is 0. The summed E-state index contributed by atoms with van der Waals surface area (Å²) in [5.74, 6) is -0.936. The Morgan fingerprint density at radius 2 is 1.89 bits per heavy atom. The van der Waals surface area contributed by atoms with Crippen LogP contribution in [0.2, 0.25) is 0 Å². The van der Waals surface area contributed by atoms with Crippen molar-refractivity contribution in [1.82, 2.24) is 5.32 Å². The monoisotopic (exact) mass is 269 g/mol. The normalized spacial score (nSPS) is 11.8. The summed E-state index contributed by atoms with van der Waals surface area (Å²) in [6.07, 6.45) is 0.358. The maximum atomic E-state index is 11.3. The summed E-state index contributed by atoms with van der Waals surface area (Å²) in [5, 5.41) is 20.6. The number of carboxylic acid groups (broad SMARTS) is 1. The van der Waals surface area contributed by atoms with Crippen molar-refractivity contribution in [3.63, 3.8) is 0 Å².